The van der Waals surface area contributed by atoms with E-state index in [1.54, 1.807) is 24.3 Å². The number of hydrogen-bond acceptors (Lipinski definition) is 5. The van der Waals surface area contributed by atoms with Gasteiger partial charge in [-0.05, 0) is 55.0 Å². The summed E-state index contributed by atoms with van der Waals surface area (Å²) in [6, 6.07) is 9.99. The van der Waals surface area contributed by atoms with E-state index < -0.39 is 6.10 Å². The maximum atomic E-state index is 13.2. The van der Waals surface area contributed by atoms with E-state index in [-0.39, 0.29) is 18.5 Å². The van der Waals surface area contributed by atoms with Crippen molar-refractivity contribution in [3.05, 3.63) is 64.4 Å². The second kappa shape index (κ2) is 10.1. The summed E-state index contributed by atoms with van der Waals surface area (Å²) in [5.41, 5.74) is 2.33. The highest BCUT2D eigenvalue weighted by atomic mass is 32.1. The Kier molecular flexibility index (Phi) is 7.47. The van der Waals surface area contributed by atoms with Crippen LogP contribution in [-0.2, 0) is 11.2 Å². The molecule has 1 amide bonds. The third-order valence-electron chi connectivity index (χ3n) is 5.08. The van der Waals surface area contributed by atoms with Crippen LogP contribution in [0, 0.1) is 6.92 Å². The van der Waals surface area contributed by atoms with E-state index in [9.17, 15) is 9.90 Å². The van der Waals surface area contributed by atoms with Gasteiger partial charge < -0.3 is 14.7 Å². The molecular formula is C23H30N2O3S. The number of nitrogens with zero attached hydrogens (tertiary/aromatic N) is 2. The Balaban J connectivity index is 1.74. The van der Waals surface area contributed by atoms with E-state index in [4.69, 9.17) is 4.74 Å². The molecular weight excluding hydrogens is 384 g/mol. The highest BCUT2D eigenvalue weighted by Crippen LogP contribution is 2.34. The highest BCUT2D eigenvalue weighted by molar-refractivity contribution is 7.10. The Labute approximate surface area is 177 Å². The first kappa shape index (κ1) is 21.6. The number of amides is 1. The largest absolute Gasteiger partial charge is 0.491 e. The molecule has 0 saturated carbocycles. The van der Waals surface area contributed by atoms with Crippen LogP contribution in [0.1, 0.15) is 29.0 Å². The Morgan fingerprint density at radius 3 is 3.03 bits per heavy atom. The van der Waals surface area contributed by atoms with Crippen molar-refractivity contribution in [3.63, 3.8) is 0 Å². The molecule has 0 fully saturated rings. The maximum Gasteiger partial charge on any atom is 0.237 e. The number of aryl methyl sites for hydroxylation is 1. The zero-order valence-electron chi connectivity index (χ0n) is 17.2. The lowest BCUT2D eigenvalue weighted by Gasteiger charge is -2.37. The molecule has 0 saturated heterocycles. The minimum Gasteiger partial charge on any atom is -0.491 e. The van der Waals surface area contributed by atoms with Gasteiger partial charge in [-0.1, -0.05) is 18.2 Å². The second-order valence-electron chi connectivity index (χ2n) is 7.61. The molecule has 0 radical (unpaired) electrons. The predicted molar refractivity (Wildman–Crippen MR) is 117 cm³/mol. The van der Waals surface area contributed by atoms with Gasteiger partial charge in [-0.15, -0.1) is 17.9 Å². The molecule has 0 unspecified atom stereocenters. The van der Waals surface area contributed by atoms with Crippen LogP contribution < -0.4 is 4.74 Å². The van der Waals surface area contributed by atoms with E-state index in [0.717, 1.165) is 17.7 Å². The molecule has 1 aromatic carbocycles. The number of hydrogen-bond donors (Lipinski definition) is 1. The van der Waals surface area contributed by atoms with Crippen molar-refractivity contribution in [1.82, 2.24) is 9.80 Å². The molecule has 1 N–H and O–H groups in total. The van der Waals surface area contributed by atoms with Gasteiger partial charge in [0, 0.05) is 24.5 Å². The summed E-state index contributed by atoms with van der Waals surface area (Å²) in [5, 5.41) is 11.8. The number of benzene rings is 1. The SMILES string of the molecule is C=CCN(CC(=O)N1CCc2sccc2[C@@H]1COc1cccc(C)c1)C[C@H](C)O. The second-order valence-corrected chi connectivity index (χ2v) is 8.61. The zero-order chi connectivity index (χ0) is 20.8. The van der Waals surface area contributed by atoms with Crippen LogP contribution in [-0.4, -0.2) is 59.7 Å². The molecule has 2 atom stereocenters. The molecule has 1 aliphatic rings. The van der Waals surface area contributed by atoms with Crippen LogP contribution in [0.5, 0.6) is 5.75 Å². The molecule has 3 rings (SSSR count). The summed E-state index contributed by atoms with van der Waals surface area (Å²) >= 11 is 1.75. The van der Waals surface area contributed by atoms with Crippen LogP contribution >= 0.6 is 11.3 Å². The number of ether oxygens (including phenoxy) is 1. The predicted octanol–water partition coefficient (Wildman–Crippen LogP) is 3.43. The minimum atomic E-state index is -0.493. The fourth-order valence-electron chi connectivity index (χ4n) is 3.80. The fourth-order valence-corrected chi connectivity index (χ4v) is 4.73. The quantitative estimate of drug-likeness (QED) is 0.639. The molecule has 6 heteroatoms. The fraction of sp³-hybridized carbons (Fsp3) is 0.435. The molecule has 1 aliphatic heterocycles. The first-order valence-corrected chi connectivity index (χ1v) is 10.9. The summed E-state index contributed by atoms with van der Waals surface area (Å²) in [4.78, 5) is 18.4. The van der Waals surface area contributed by atoms with Crippen molar-refractivity contribution in [1.29, 1.82) is 0 Å². The number of rotatable bonds is 9. The van der Waals surface area contributed by atoms with Gasteiger partial charge in [0.25, 0.3) is 0 Å². The molecule has 29 heavy (non-hydrogen) atoms. The zero-order valence-corrected chi connectivity index (χ0v) is 18.0. The van der Waals surface area contributed by atoms with E-state index in [1.807, 2.05) is 41.0 Å². The summed E-state index contributed by atoms with van der Waals surface area (Å²) in [6.07, 6.45) is 2.15. The van der Waals surface area contributed by atoms with Crippen LogP contribution in [0.15, 0.2) is 48.4 Å². The van der Waals surface area contributed by atoms with Gasteiger partial charge in [0.1, 0.15) is 12.4 Å². The van der Waals surface area contributed by atoms with Gasteiger partial charge in [0.05, 0.1) is 18.7 Å². The maximum absolute atomic E-state index is 13.2. The number of fused-ring (bicyclic) bond motifs is 1. The van der Waals surface area contributed by atoms with Gasteiger partial charge in [-0.3, -0.25) is 9.69 Å². The minimum absolute atomic E-state index is 0.0576. The van der Waals surface area contributed by atoms with Gasteiger partial charge in [-0.25, -0.2) is 0 Å². The number of thiophene rings is 1. The van der Waals surface area contributed by atoms with Gasteiger partial charge >= 0.3 is 0 Å². The highest BCUT2D eigenvalue weighted by Gasteiger charge is 2.32. The molecule has 156 valence electrons. The van der Waals surface area contributed by atoms with Gasteiger partial charge in [0.2, 0.25) is 5.91 Å². The van der Waals surface area contributed by atoms with E-state index >= 15 is 0 Å². The Hall–Kier alpha value is -2.15. The average Bonchev–Trinajstić information content (AvgIpc) is 3.14. The van der Waals surface area contributed by atoms with Crippen molar-refractivity contribution in [2.75, 3.05) is 32.8 Å². The summed E-state index contributed by atoms with van der Waals surface area (Å²) in [6.45, 7) is 9.93. The molecule has 2 aromatic rings. The standard InChI is InChI=1S/C23H30N2O3S/c1-4-10-24(14-18(3)26)15-23(27)25-11-8-22-20(9-12-29-22)21(25)16-28-19-7-5-6-17(2)13-19/h4-7,9,12-13,18,21,26H,1,8,10-11,14-16H2,2-3H3/t18-,21-/m0/s1. The van der Waals surface area contributed by atoms with Gasteiger partial charge in [0.15, 0.2) is 0 Å². The molecule has 0 spiro atoms. The van der Waals surface area contributed by atoms with Gasteiger partial charge in [-0.2, -0.15) is 0 Å². The van der Waals surface area contributed by atoms with E-state index in [2.05, 4.69) is 18.0 Å². The molecule has 2 heterocycles. The monoisotopic (exact) mass is 414 g/mol. The molecule has 0 aliphatic carbocycles. The van der Waals surface area contributed by atoms with E-state index in [1.165, 1.54) is 10.4 Å². The third-order valence-corrected chi connectivity index (χ3v) is 6.08. The summed E-state index contributed by atoms with van der Waals surface area (Å²) in [7, 11) is 0. The Morgan fingerprint density at radius 1 is 1.48 bits per heavy atom. The van der Waals surface area contributed by atoms with Crippen molar-refractivity contribution in [2.24, 2.45) is 0 Å². The lowest BCUT2D eigenvalue weighted by Crippen LogP contribution is -2.47. The normalized spacial score (nSPS) is 17.1. The number of carbonyl (C=O) groups is 1. The number of carbonyl (C=O) groups excluding carboxylic acids is 1. The van der Waals surface area contributed by atoms with Crippen molar-refractivity contribution >= 4 is 17.2 Å². The smallest absolute Gasteiger partial charge is 0.237 e. The first-order valence-electron chi connectivity index (χ1n) is 10.0. The number of aliphatic hydroxyl groups excluding tert-OH is 1. The Bertz CT molecular complexity index is 833. The summed E-state index contributed by atoms with van der Waals surface area (Å²) < 4.78 is 6.09. The first-order chi connectivity index (χ1) is 14.0. The van der Waals surface area contributed by atoms with E-state index in [0.29, 0.717) is 26.2 Å². The van der Waals surface area contributed by atoms with Crippen LogP contribution in [0.4, 0.5) is 0 Å². The van der Waals surface area contributed by atoms with Crippen LogP contribution in [0.25, 0.3) is 0 Å². The van der Waals surface area contributed by atoms with Crippen molar-refractivity contribution in [3.8, 4) is 5.75 Å². The lowest BCUT2D eigenvalue weighted by atomic mass is 10.0. The lowest BCUT2D eigenvalue weighted by molar-refractivity contribution is -0.136. The molecule has 0 bridgehead atoms. The topological polar surface area (TPSA) is 53.0 Å². The molecule has 5 nitrogen and oxygen atoms in total. The molecule has 1 aromatic heterocycles. The third kappa shape index (κ3) is 5.69. The average molecular weight is 415 g/mol. The Morgan fingerprint density at radius 2 is 2.31 bits per heavy atom. The van der Waals surface area contributed by atoms with Crippen LogP contribution in [0.2, 0.25) is 0 Å². The summed E-state index contributed by atoms with van der Waals surface area (Å²) in [5.74, 6) is 0.879. The number of aliphatic hydroxyl groups is 1. The van der Waals surface area contributed by atoms with Crippen molar-refractivity contribution in [2.45, 2.75) is 32.4 Å². The van der Waals surface area contributed by atoms with Crippen molar-refractivity contribution < 1.29 is 14.6 Å². The van der Waals surface area contributed by atoms with Crippen LogP contribution in [0.3, 0.4) is 0 Å².